The number of hydrogen-bond acceptors (Lipinski definition) is 4. The highest BCUT2D eigenvalue weighted by molar-refractivity contribution is 5.79. The Balaban J connectivity index is 1.70. The van der Waals surface area contributed by atoms with Crippen LogP contribution in [0.5, 0.6) is 5.75 Å². The van der Waals surface area contributed by atoms with Gasteiger partial charge >= 0.3 is 0 Å². The van der Waals surface area contributed by atoms with Crippen LogP contribution in [-0.2, 0) is 6.54 Å². The first-order valence-corrected chi connectivity index (χ1v) is 9.09. The third kappa shape index (κ3) is 6.92. The molecule has 25 heavy (non-hydrogen) atoms. The van der Waals surface area contributed by atoms with Crippen LogP contribution in [0.15, 0.2) is 29.3 Å². The van der Waals surface area contributed by atoms with Crippen LogP contribution in [-0.4, -0.2) is 76.2 Å². The third-order valence-electron chi connectivity index (χ3n) is 4.60. The van der Waals surface area contributed by atoms with Crippen molar-refractivity contribution < 1.29 is 4.74 Å². The van der Waals surface area contributed by atoms with Gasteiger partial charge in [-0.15, -0.1) is 0 Å². The Morgan fingerprint density at radius 3 is 2.68 bits per heavy atom. The summed E-state index contributed by atoms with van der Waals surface area (Å²) in [6, 6.07) is 8.08. The molecule has 1 aromatic carbocycles. The number of benzene rings is 1. The van der Waals surface area contributed by atoms with Gasteiger partial charge < -0.3 is 25.2 Å². The Morgan fingerprint density at radius 2 is 2.00 bits per heavy atom. The lowest BCUT2D eigenvalue weighted by Crippen LogP contribution is -2.47. The topological polar surface area (TPSA) is 52.1 Å². The van der Waals surface area contributed by atoms with Crippen LogP contribution < -0.4 is 15.4 Å². The second kappa shape index (κ2) is 10.3. The van der Waals surface area contributed by atoms with Gasteiger partial charge in [-0.05, 0) is 30.7 Å². The van der Waals surface area contributed by atoms with Crippen molar-refractivity contribution in [2.24, 2.45) is 10.9 Å². The maximum absolute atomic E-state index is 5.26. The zero-order chi connectivity index (χ0) is 18.1. The Morgan fingerprint density at radius 1 is 1.24 bits per heavy atom. The molecule has 1 aliphatic rings. The zero-order valence-electron chi connectivity index (χ0n) is 16.1. The van der Waals surface area contributed by atoms with Gasteiger partial charge in [0.05, 0.1) is 7.11 Å². The maximum Gasteiger partial charge on any atom is 0.191 e. The Labute approximate surface area is 152 Å². The molecule has 2 N–H and O–H groups in total. The normalized spacial score (nSPS) is 18.0. The Hall–Kier alpha value is -1.79. The minimum Gasteiger partial charge on any atom is -0.497 e. The molecule has 6 heteroatoms. The summed E-state index contributed by atoms with van der Waals surface area (Å²) < 4.78 is 5.26. The first kappa shape index (κ1) is 19.5. The molecule has 1 aromatic rings. The molecule has 1 unspecified atom stereocenters. The summed E-state index contributed by atoms with van der Waals surface area (Å²) in [7, 11) is 5.70. The molecule has 0 spiro atoms. The summed E-state index contributed by atoms with van der Waals surface area (Å²) in [5.74, 6) is 2.30. The fraction of sp³-hybridized carbons (Fsp3) is 0.632. The van der Waals surface area contributed by atoms with Gasteiger partial charge in [-0.1, -0.05) is 19.1 Å². The first-order valence-electron chi connectivity index (χ1n) is 9.09. The quantitative estimate of drug-likeness (QED) is 0.574. The highest BCUT2D eigenvalue weighted by Gasteiger charge is 2.16. The van der Waals surface area contributed by atoms with Crippen molar-refractivity contribution in [2.45, 2.75) is 13.5 Å². The van der Waals surface area contributed by atoms with Crippen molar-refractivity contribution in [1.82, 2.24) is 20.4 Å². The van der Waals surface area contributed by atoms with E-state index in [0.717, 1.165) is 31.3 Å². The maximum atomic E-state index is 5.26. The number of rotatable bonds is 7. The third-order valence-corrected chi connectivity index (χ3v) is 4.60. The number of guanidine groups is 1. The van der Waals surface area contributed by atoms with Crippen LogP contribution in [0.25, 0.3) is 0 Å². The molecule has 0 radical (unpaired) electrons. The van der Waals surface area contributed by atoms with E-state index in [4.69, 9.17) is 4.74 Å². The number of aliphatic imine (C=N–C) groups is 1. The van der Waals surface area contributed by atoms with Crippen LogP contribution in [0.2, 0.25) is 0 Å². The van der Waals surface area contributed by atoms with Crippen LogP contribution in [0.3, 0.4) is 0 Å². The van der Waals surface area contributed by atoms with E-state index >= 15 is 0 Å². The number of piperazine rings is 1. The van der Waals surface area contributed by atoms with Crippen molar-refractivity contribution in [3.8, 4) is 5.75 Å². The van der Waals surface area contributed by atoms with E-state index in [0.29, 0.717) is 5.92 Å². The number of hydrogen-bond donors (Lipinski definition) is 2. The molecule has 140 valence electrons. The fourth-order valence-corrected chi connectivity index (χ4v) is 3.00. The van der Waals surface area contributed by atoms with Crippen molar-refractivity contribution in [2.75, 3.05) is 60.5 Å². The van der Waals surface area contributed by atoms with E-state index in [1.54, 1.807) is 7.11 Å². The summed E-state index contributed by atoms with van der Waals surface area (Å²) in [6.45, 7) is 9.75. The van der Waals surface area contributed by atoms with Crippen molar-refractivity contribution in [1.29, 1.82) is 0 Å². The number of likely N-dealkylation sites (N-methyl/N-ethyl adjacent to an activating group) is 1. The lowest BCUT2D eigenvalue weighted by Gasteiger charge is -2.34. The molecule has 0 bridgehead atoms. The molecule has 0 amide bonds. The molecule has 0 saturated carbocycles. The Bertz CT molecular complexity index is 540. The number of ether oxygens (including phenoxy) is 1. The minimum absolute atomic E-state index is 0.582. The van der Waals surface area contributed by atoms with E-state index in [1.807, 2.05) is 25.2 Å². The van der Waals surface area contributed by atoms with Gasteiger partial charge in [0.1, 0.15) is 5.75 Å². The van der Waals surface area contributed by atoms with Gasteiger partial charge in [-0.25, -0.2) is 0 Å². The van der Waals surface area contributed by atoms with Gasteiger partial charge in [0.2, 0.25) is 0 Å². The Kier molecular flexibility index (Phi) is 8.01. The lowest BCUT2D eigenvalue weighted by molar-refractivity contribution is 0.139. The number of nitrogens with zero attached hydrogens (tertiary/aromatic N) is 3. The summed E-state index contributed by atoms with van der Waals surface area (Å²) >= 11 is 0. The van der Waals surface area contributed by atoms with E-state index in [-0.39, 0.29) is 0 Å². The van der Waals surface area contributed by atoms with Crippen molar-refractivity contribution in [3.63, 3.8) is 0 Å². The predicted octanol–water partition coefficient (Wildman–Crippen LogP) is 1.24. The molecule has 1 aliphatic heterocycles. The minimum atomic E-state index is 0.582. The zero-order valence-corrected chi connectivity index (χ0v) is 16.1. The standard InChI is InChI=1S/C19H33N5O/c1-16(15-24-10-8-23(3)9-11-24)13-21-19(20-2)22-14-17-6-5-7-18(12-17)25-4/h5-7,12,16H,8-11,13-15H2,1-4H3,(H2,20,21,22). The monoisotopic (exact) mass is 347 g/mol. The second-order valence-electron chi connectivity index (χ2n) is 6.87. The van der Waals surface area contributed by atoms with E-state index in [1.165, 1.54) is 31.7 Å². The van der Waals surface area contributed by atoms with Crippen LogP contribution in [0.1, 0.15) is 12.5 Å². The summed E-state index contributed by atoms with van der Waals surface area (Å²) in [5, 5.41) is 6.80. The average Bonchev–Trinajstić information content (AvgIpc) is 2.64. The van der Waals surface area contributed by atoms with Crippen LogP contribution in [0, 0.1) is 5.92 Å². The SMILES string of the molecule is CN=C(NCc1cccc(OC)c1)NCC(C)CN1CCN(C)CC1. The predicted molar refractivity (Wildman–Crippen MR) is 104 cm³/mol. The van der Waals surface area contributed by atoms with Gasteiger partial charge in [-0.2, -0.15) is 0 Å². The molecule has 2 rings (SSSR count). The second-order valence-corrected chi connectivity index (χ2v) is 6.87. The highest BCUT2D eigenvalue weighted by Crippen LogP contribution is 2.12. The van der Waals surface area contributed by atoms with Crippen molar-refractivity contribution in [3.05, 3.63) is 29.8 Å². The molecule has 0 aliphatic carbocycles. The summed E-state index contributed by atoms with van der Waals surface area (Å²) in [4.78, 5) is 9.26. The van der Waals surface area contributed by atoms with Crippen LogP contribution >= 0.6 is 0 Å². The summed E-state index contributed by atoms with van der Waals surface area (Å²) in [6.07, 6.45) is 0. The molecule has 1 atom stereocenters. The molecule has 1 fully saturated rings. The molecular weight excluding hydrogens is 314 g/mol. The van der Waals surface area contributed by atoms with E-state index in [2.05, 4.69) is 45.5 Å². The number of methoxy groups -OCH3 is 1. The van der Waals surface area contributed by atoms with Gasteiger partial charge in [-0.3, -0.25) is 4.99 Å². The lowest BCUT2D eigenvalue weighted by atomic mass is 10.1. The highest BCUT2D eigenvalue weighted by atomic mass is 16.5. The molecule has 6 nitrogen and oxygen atoms in total. The molecule has 1 saturated heterocycles. The fourth-order valence-electron chi connectivity index (χ4n) is 3.00. The molecule has 0 aromatic heterocycles. The smallest absolute Gasteiger partial charge is 0.191 e. The molecule has 1 heterocycles. The van der Waals surface area contributed by atoms with Gasteiger partial charge in [0.15, 0.2) is 5.96 Å². The molecular formula is C19H33N5O. The first-order chi connectivity index (χ1) is 12.1. The largest absolute Gasteiger partial charge is 0.497 e. The van der Waals surface area contributed by atoms with E-state index < -0.39 is 0 Å². The number of nitrogens with one attached hydrogen (secondary N) is 2. The van der Waals surface area contributed by atoms with Gasteiger partial charge in [0.25, 0.3) is 0 Å². The average molecular weight is 348 g/mol. The van der Waals surface area contributed by atoms with Crippen molar-refractivity contribution >= 4 is 5.96 Å². The summed E-state index contributed by atoms with van der Waals surface area (Å²) in [5.41, 5.74) is 1.17. The van der Waals surface area contributed by atoms with Crippen LogP contribution in [0.4, 0.5) is 0 Å². The van der Waals surface area contributed by atoms with E-state index in [9.17, 15) is 0 Å². The van der Waals surface area contributed by atoms with Gasteiger partial charge in [0, 0.05) is 52.9 Å².